The highest BCUT2D eigenvalue weighted by atomic mass is 32.2. The topological polar surface area (TPSA) is 113 Å². The lowest BCUT2D eigenvalue weighted by molar-refractivity contribution is 0.0471. The molecule has 0 saturated heterocycles. The van der Waals surface area contributed by atoms with Gasteiger partial charge in [0.25, 0.3) is 10.1 Å². The van der Waals surface area contributed by atoms with Crippen LogP contribution in [0.3, 0.4) is 0 Å². The van der Waals surface area contributed by atoms with Crippen molar-refractivity contribution < 1.29 is 27.2 Å². The van der Waals surface area contributed by atoms with Gasteiger partial charge in [0.15, 0.2) is 0 Å². The number of nitrogens with zero attached hydrogens (tertiary/aromatic N) is 3. The van der Waals surface area contributed by atoms with E-state index in [4.69, 9.17) is 13.7 Å². The lowest BCUT2D eigenvalue weighted by atomic mass is 9.86. The molecule has 0 radical (unpaired) electrons. The Hall–Kier alpha value is -3.33. The molecule has 40 heavy (non-hydrogen) atoms. The summed E-state index contributed by atoms with van der Waals surface area (Å²) in [4.78, 5) is 4.13. The molecule has 1 atom stereocenters. The van der Waals surface area contributed by atoms with Crippen molar-refractivity contribution in [3.05, 3.63) is 77.9 Å². The third kappa shape index (κ3) is 9.70. The van der Waals surface area contributed by atoms with Gasteiger partial charge in [0.05, 0.1) is 37.0 Å². The predicted molar refractivity (Wildman–Crippen MR) is 154 cm³/mol. The van der Waals surface area contributed by atoms with Gasteiger partial charge in [-0.3, -0.25) is 4.18 Å². The van der Waals surface area contributed by atoms with Crippen molar-refractivity contribution in [3.8, 4) is 11.8 Å². The molecule has 3 rings (SSSR count). The van der Waals surface area contributed by atoms with Gasteiger partial charge < -0.3 is 14.6 Å². The van der Waals surface area contributed by atoms with E-state index in [1.54, 1.807) is 35.3 Å². The average Bonchev–Trinajstić information content (AvgIpc) is 3.47. The molecule has 1 unspecified atom stereocenters. The van der Waals surface area contributed by atoms with Crippen molar-refractivity contribution in [3.63, 3.8) is 0 Å². The molecular weight excluding hydrogens is 530 g/mol. The van der Waals surface area contributed by atoms with E-state index in [2.05, 4.69) is 21.9 Å². The fraction of sp³-hybridized carbons (Fsp3) is 0.400. The summed E-state index contributed by atoms with van der Waals surface area (Å²) in [7, 11) is -3.80. The standard InChI is InChI=1S/C30H37N3O6S/c1-5-24-12-14-27(15-13-24)40(35,36)39-20-19-38-18-17-37-16-6-7-25-8-10-26(11-9-25)21-28(29(34)30(2,3)4)33-23-31-22-32-33/h8-15,21-23,29,34H,5,16-20H2,1-4H3/b28-21+. The summed E-state index contributed by atoms with van der Waals surface area (Å²) in [6.07, 6.45) is 4.99. The van der Waals surface area contributed by atoms with Crippen molar-refractivity contribution in [2.45, 2.75) is 45.1 Å². The van der Waals surface area contributed by atoms with Gasteiger partial charge in [0, 0.05) is 5.56 Å². The Morgan fingerprint density at radius 2 is 1.70 bits per heavy atom. The normalized spacial score (nSPS) is 13.1. The van der Waals surface area contributed by atoms with Crippen LogP contribution in [0.5, 0.6) is 0 Å². The van der Waals surface area contributed by atoms with Crippen LogP contribution in [-0.2, 0) is 30.2 Å². The van der Waals surface area contributed by atoms with Crippen LogP contribution < -0.4 is 0 Å². The fourth-order valence-corrected chi connectivity index (χ4v) is 4.43. The van der Waals surface area contributed by atoms with E-state index < -0.39 is 16.2 Å². The molecule has 0 spiro atoms. The first-order valence-electron chi connectivity index (χ1n) is 13.1. The molecule has 0 aliphatic heterocycles. The number of aliphatic hydroxyl groups excluding tert-OH is 1. The van der Waals surface area contributed by atoms with E-state index in [-0.39, 0.29) is 30.1 Å². The van der Waals surface area contributed by atoms with E-state index in [9.17, 15) is 13.5 Å². The predicted octanol–water partition coefficient (Wildman–Crippen LogP) is 4.04. The van der Waals surface area contributed by atoms with Crippen molar-refractivity contribution in [2.24, 2.45) is 5.41 Å². The zero-order valence-electron chi connectivity index (χ0n) is 23.4. The highest BCUT2D eigenvalue weighted by molar-refractivity contribution is 7.86. The lowest BCUT2D eigenvalue weighted by Gasteiger charge is -2.27. The van der Waals surface area contributed by atoms with Crippen LogP contribution >= 0.6 is 0 Å². The van der Waals surface area contributed by atoms with Gasteiger partial charge in [0.1, 0.15) is 25.4 Å². The number of hydrogen-bond donors (Lipinski definition) is 1. The Balaban J connectivity index is 1.37. The Labute approximate surface area is 236 Å². The van der Waals surface area contributed by atoms with Crippen LogP contribution in [0.15, 0.2) is 66.1 Å². The Kier molecular flexibility index (Phi) is 11.6. The van der Waals surface area contributed by atoms with Crippen LogP contribution in [0.25, 0.3) is 11.8 Å². The number of aryl methyl sites for hydroxylation is 1. The van der Waals surface area contributed by atoms with Crippen LogP contribution in [0.1, 0.15) is 44.4 Å². The fourth-order valence-electron chi connectivity index (χ4n) is 3.53. The average molecular weight is 568 g/mol. The van der Waals surface area contributed by atoms with Crippen LogP contribution in [-0.4, -0.2) is 67.4 Å². The third-order valence-corrected chi connectivity index (χ3v) is 7.20. The maximum absolute atomic E-state index is 12.2. The van der Waals surface area contributed by atoms with Gasteiger partial charge in [-0.2, -0.15) is 13.5 Å². The molecule has 0 bridgehead atoms. The van der Waals surface area contributed by atoms with Crippen molar-refractivity contribution in [2.75, 3.05) is 33.0 Å². The van der Waals surface area contributed by atoms with E-state index in [1.165, 1.54) is 6.33 Å². The van der Waals surface area contributed by atoms with Gasteiger partial charge in [-0.15, -0.1) is 0 Å². The molecule has 10 heteroatoms. The second kappa shape index (κ2) is 14.9. The molecule has 3 aromatic rings. The molecule has 0 aliphatic carbocycles. The number of aromatic nitrogens is 3. The summed E-state index contributed by atoms with van der Waals surface area (Å²) in [5, 5.41) is 15.0. The monoisotopic (exact) mass is 567 g/mol. The molecule has 1 N–H and O–H groups in total. The van der Waals surface area contributed by atoms with E-state index in [0.29, 0.717) is 18.9 Å². The second-order valence-electron chi connectivity index (χ2n) is 10.0. The van der Waals surface area contributed by atoms with Crippen molar-refractivity contribution >= 4 is 21.9 Å². The molecular formula is C30H37N3O6S. The Bertz CT molecular complexity index is 1380. The van der Waals surface area contributed by atoms with Gasteiger partial charge in [0.2, 0.25) is 0 Å². The molecule has 0 amide bonds. The summed E-state index contributed by atoms with van der Waals surface area (Å²) in [5.41, 5.74) is 3.06. The Morgan fingerprint density at radius 1 is 1.02 bits per heavy atom. The molecule has 0 aliphatic rings. The highest BCUT2D eigenvalue weighted by Crippen LogP contribution is 2.28. The number of rotatable bonds is 13. The first kappa shape index (κ1) is 31.2. The number of hydrogen-bond acceptors (Lipinski definition) is 8. The zero-order chi connectivity index (χ0) is 29.0. The van der Waals surface area contributed by atoms with Gasteiger partial charge in [-0.05, 0) is 53.3 Å². The summed E-state index contributed by atoms with van der Waals surface area (Å²) < 4.78 is 41.8. The molecule has 0 fully saturated rings. The van der Waals surface area contributed by atoms with Crippen molar-refractivity contribution in [1.82, 2.24) is 14.8 Å². The SMILES string of the molecule is CCc1ccc(S(=O)(=O)OCCOCCOCC#Cc2ccc(/C=C(\C(O)C(C)(C)C)n3cncn3)cc2)cc1. The lowest BCUT2D eigenvalue weighted by Crippen LogP contribution is -2.29. The molecule has 1 heterocycles. The van der Waals surface area contributed by atoms with Crippen molar-refractivity contribution in [1.29, 1.82) is 0 Å². The number of aliphatic hydroxyl groups is 1. The Morgan fingerprint density at radius 3 is 2.33 bits per heavy atom. The number of benzene rings is 2. The van der Waals surface area contributed by atoms with Gasteiger partial charge >= 0.3 is 0 Å². The molecule has 9 nitrogen and oxygen atoms in total. The minimum Gasteiger partial charge on any atom is -0.386 e. The van der Waals surface area contributed by atoms with E-state index in [0.717, 1.165) is 23.1 Å². The smallest absolute Gasteiger partial charge is 0.297 e. The summed E-state index contributed by atoms with van der Waals surface area (Å²) in [6, 6.07) is 14.3. The second-order valence-corrected chi connectivity index (χ2v) is 11.7. The zero-order valence-corrected chi connectivity index (χ0v) is 24.2. The first-order valence-corrected chi connectivity index (χ1v) is 14.5. The minimum absolute atomic E-state index is 0.0711. The maximum Gasteiger partial charge on any atom is 0.297 e. The molecule has 1 aromatic heterocycles. The van der Waals surface area contributed by atoms with Gasteiger partial charge in [-0.25, -0.2) is 9.67 Å². The maximum atomic E-state index is 12.2. The van der Waals surface area contributed by atoms with E-state index >= 15 is 0 Å². The van der Waals surface area contributed by atoms with Crippen LogP contribution in [0.2, 0.25) is 0 Å². The van der Waals surface area contributed by atoms with Crippen LogP contribution in [0, 0.1) is 17.3 Å². The summed E-state index contributed by atoms with van der Waals surface area (Å²) in [5.74, 6) is 6.01. The third-order valence-electron chi connectivity index (χ3n) is 5.87. The number of ether oxygens (including phenoxy) is 2. The highest BCUT2D eigenvalue weighted by Gasteiger charge is 2.27. The summed E-state index contributed by atoms with van der Waals surface area (Å²) in [6.45, 7) is 8.81. The first-order chi connectivity index (χ1) is 19.1. The van der Waals surface area contributed by atoms with E-state index in [1.807, 2.05) is 58.0 Å². The largest absolute Gasteiger partial charge is 0.386 e. The molecule has 214 valence electrons. The van der Waals surface area contributed by atoms with Gasteiger partial charge in [-0.1, -0.05) is 63.8 Å². The minimum atomic E-state index is -3.80. The molecule has 2 aromatic carbocycles. The van der Waals surface area contributed by atoms with Crippen LogP contribution in [0.4, 0.5) is 0 Å². The summed E-state index contributed by atoms with van der Waals surface area (Å²) >= 11 is 0. The molecule has 0 saturated carbocycles. The quantitative estimate of drug-likeness (QED) is 0.187.